The zero-order valence-corrected chi connectivity index (χ0v) is 16.0. The first-order chi connectivity index (χ1) is 12.8. The van der Waals surface area contributed by atoms with Gasteiger partial charge < -0.3 is 4.74 Å². The molecule has 0 amide bonds. The lowest BCUT2D eigenvalue weighted by Crippen LogP contribution is -2.13. The van der Waals surface area contributed by atoms with Crippen molar-refractivity contribution < 1.29 is 22.7 Å². The van der Waals surface area contributed by atoms with Crippen molar-refractivity contribution in [2.75, 3.05) is 0 Å². The maximum Gasteiger partial charge on any atom is 0.346 e. The summed E-state index contributed by atoms with van der Waals surface area (Å²) in [6.45, 7) is 5.80. The maximum atomic E-state index is 14.3. The average Bonchev–Trinajstić information content (AvgIpc) is 2.57. The molecule has 2 aromatic rings. The summed E-state index contributed by atoms with van der Waals surface area (Å²) >= 11 is 0. The number of carbonyl (C=O) groups excluding carboxylic acids is 1. The fraction of sp³-hybridized carbons (Fsp3) is 0.409. The van der Waals surface area contributed by atoms with Crippen molar-refractivity contribution in [1.29, 1.82) is 0 Å². The molecule has 0 spiro atoms. The van der Waals surface area contributed by atoms with Crippen molar-refractivity contribution in [3.8, 4) is 5.75 Å². The summed E-state index contributed by atoms with van der Waals surface area (Å²) in [6, 6.07) is 6.11. The molecule has 2 rings (SSSR count). The third-order valence-corrected chi connectivity index (χ3v) is 4.66. The van der Waals surface area contributed by atoms with Crippen LogP contribution in [0.15, 0.2) is 30.3 Å². The van der Waals surface area contributed by atoms with Crippen molar-refractivity contribution in [2.45, 2.75) is 52.9 Å². The number of rotatable bonds is 8. The molecule has 0 saturated carbocycles. The van der Waals surface area contributed by atoms with Crippen molar-refractivity contribution in [3.63, 3.8) is 0 Å². The van der Waals surface area contributed by atoms with Crippen LogP contribution < -0.4 is 4.74 Å². The first kappa shape index (κ1) is 21.0. The Bertz CT molecular complexity index is 759. The monoisotopic (exact) mass is 378 g/mol. The van der Waals surface area contributed by atoms with E-state index in [1.807, 2.05) is 0 Å². The predicted molar refractivity (Wildman–Crippen MR) is 99.5 cm³/mol. The summed E-state index contributed by atoms with van der Waals surface area (Å²) in [7, 11) is 0. The lowest BCUT2D eigenvalue weighted by molar-refractivity contribution is 0.0728. The molecular weight excluding hydrogens is 353 g/mol. The van der Waals surface area contributed by atoms with Crippen LogP contribution in [0.2, 0.25) is 0 Å². The molecule has 1 unspecified atom stereocenters. The number of hydrogen-bond donors (Lipinski definition) is 0. The zero-order valence-electron chi connectivity index (χ0n) is 16.0. The molecule has 0 aliphatic carbocycles. The minimum absolute atomic E-state index is 0.0134. The highest BCUT2D eigenvalue weighted by Crippen LogP contribution is 2.25. The van der Waals surface area contributed by atoms with Crippen LogP contribution in [0.5, 0.6) is 5.75 Å². The predicted octanol–water partition coefficient (Wildman–Crippen LogP) is 6.39. The van der Waals surface area contributed by atoms with Gasteiger partial charge in [-0.3, -0.25) is 0 Å². The number of carbonyl (C=O) groups is 1. The van der Waals surface area contributed by atoms with Gasteiger partial charge in [0.25, 0.3) is 0 Å². The molecule has 27 heavy (non-hydrogen) atoms. The van der Waals surface area contributed by atoms with E-state index >= 15 is 0 Å². The molecule has 1 atom stereocenters. The van der Waals surface area contributed by atoms with Crippen LogP contribution in [0.3, 0.4) is 0 Å². The average molecular weight is 378 g/mol. The van der Waals surface area contributed by atoms with Gasteiger partial charge >= 0.3 is 5.97 Å². The van der Waals surface area contributed by atoms with Gasteiger partial charge in [-0.05, 0) is 37.3 Å². The fourth-order valence-electron chi connectivity index (χ4n) is 3.19. The van der Waals surface area contributed by atoms with Crippen LogP contribution >= 0.6 is 0 Å². The summed E-state index contributed by atoms with van der Waals surface area (Å²) in [4.78, 5) is 12.2. The van der Waals surface area contributed by atoms with E-state index in [2.05, 4.69) is 13.8 Å². The number of aryl methyl sites for hydroxylation is 1. The smallest absolute Gasteiger partial charge is 0.346 e. The molecule has 0 radical (unpaired) electrons. The molecule has 0 aliphatic rings. The normalized spacial score (nSPS) is 12.1. The van der Waals surface area contributed by atoms with Crippen molar-refractivity contribution >= 4 is 5.97 Å². The summed E-state index contributed by atoms with van der Waals surface area (Å²) in [5.41, 5.74) is 0.131. The van der Waals surface area contributed by atoms with Crippen LogP contribution in [0.25, 0.3) is 0 Å². The minimum Gasteiger partial charge on any atom is -0.423 e. The van der Waals surface area contributed by atoms with E-state index < -0.39 is 23.4 Å². The number of ether oxygens (including phenoxy) is 1. The topological polar surface area (TPSA) is 26.3 Å². The lowest BCUT2D eigenvalue weighted by Gasteiger charge is -2.12. The van der Waals surface area contributed by atoms with Gasteiger partial charge in [-0.15, -0.1) is 0 Å². The standard InChI is InChI=1S/C22H25F3O2/c1-4-7-14(2)8-5-10-17-19(24)12-16(13-20(17)25)27-22(26)21-15(3)9-6-11-18(21)23/h6,9,11-14H,4-5,7-8,10H2,1-3H3. The first-order valence-electron chi connectivity index (χ1n) is 9.28. The van der Waals surface area contributed by atoms with Crippen LogP contribution in [0.1, 0.15) is 61.0 Å². The third kappa shape index (κ3) is 5.59. The molecule has 0 aliphatic heterocycles. The highest BCUT2D eigenvalue weighted by Gasteiger charge is 2.19. The van der Waals surface area contributed by atoms with Crippen LogP contribution in [0.4, 0.5) is 13.2 Å². The van der Waals surface area contributed by atoms with Crippen LogP contribution in [0, 0.1) is 30.3 Å². The quantitative estimate of drug-likeness (QED) is 0.393. The number of esters is 1. The van der Waals surface area contributed by atoms with Gasteiger partial charge in [0.05, 0.1) is 5.56 Å². The Morgan fingerprint density at radius 2 is 1.74 bits per heavy atom. The van der Waals surface area contributed by atoms with E-state index in [0.717, 1.165) is 37.5 Å². The van der Waals surface area contributed by atoms with E-state index in [1.165, 1.54) is 6.07 Å². The van der Waals surface area contributed by atoms with Crippen molar-refractivity contribution in [1.82, 2.24) is 0 Å². The molecule has 0 saturated heterocycles. The van der Waals surface area contributed by atoms with Gasteiger partial charge in [0.2, 0.25) is 0 Å². The van der Waals surface area contributed by atoms with Gasteiger partial charge in [-0.1, -0.05) is 45.2 Å². The maximum absolute atomic E-state index is 14.3. The van der Waals surface area contributed by atoms with Gasteiger partial charge in [0, 0.05) is 17.7 Å². The number of halogens is 3. The van der Waals surface area contributed by atoms with Gasteiger partial charge in [-0.2, -0.15) is 0 Å². The van der Waals surface area contributed by atoms with E-state index in [4.69, 9.17) is 4.74 Å². The second kappa shape index (κ2) is 9.58. The third-order valence-electron chi connectivity index (χ3n) is 4.66. The summed E-state index contributed by atoms with van der Waals surface area (Å²) < 4.78 is 47.4. The van der Waals surface area contributed by atoms with Gasteiger partial charge in [0.15, 0.2) is 0 Å². The highest BCUT2D eigenvalue weighted by molar-refractivity contribution is 5.92. The van der Waals surface area contributed by atoms with Gasteiger partial charge in [-0.25, -0.2) is 18.0 Å². The minimum atomic E-state index is -0.981. The number of hydrogen-bond acceptors (Lipinski definition) is 2. The largest absolute Gasteiger partial charge is 0.423 e. The Morgan fingerprint density at radius 1 is 1.07 bits per heavy atom. The van der Waals surface area contributed by atoms with Crippen LogP contribution in [-0.2, 0) is 6.42 Å². The van der Waals surface area contributed by atoms with Crippen molar-refractivity contribution in [3.05, 3.63) is 64.5 Å². The summed E-state index contributed by atoms with van der Waals surface area (Å²) in [5.74, 6) is -2.99. The zero-order chi connectivity index (χ0) is 20.0. The Balaban J connectivity index is 2.08. The Hall–Kier alpha value is -2.30. The number of benzene rings is 2. The molecule has 0 N–H and O–H groups in total. The SMILES string of the molecule is CCCC(C)CCCc1c(F)cc(OC(=O)c2c(C)cccc2F)cc1F. The Labute approximate surface area is 158 Å². The van der Waals surface area contributed by atoms with E-state index in [9.17, 15) is 18.0 Å². The molecule has 5 heteroatoms. The van der Waals surface area contributed by atoms with Crippen LogP contribution in [-0.4, -0.2) is 5.97 Å². The van der Waals surface area contributed by atoms with Crippen molar-refractivity contribution in [2.24, 2.45) is 5.92 Å². The molecule has 0 aromatic heterocycles. The Morgan fingerprint density at radius 3 is 2.33 bits per heavy atom. The molecule has 0 bridgehead atoms. The fourth-order valence-corrected chi connectivity index (χ4v) is 3.19. The first-order valence-corrected chi connectivity index (χ1v) is 9.28. The van der Waals surface area contributed by atoms with E-state index in [-0.39, 0.29) is 23.3 Å². The second-order valence-electron chi connectivity index (χ2n) is 6.97. The molecule has 2 aromatic carbocycles. The molecular formula is C22H25F3O2. The van der Waals surface area contributed by atoms with E-state index in [1.54, 1.807) is 13.0 Å². The summed E-state index contributed by atoms with van der Waals surface area (Å²) in [5, 5.41) is 0. The molecule has 2 nitrogen and oxygen atoms in total. The highest BCUT2D eigenvalue weighted by atomic mass is 19.1. The lowest BCUT2D eigenvalue weighted by atomic mass is 9.97. The molecule has 0 fully saturated rings. The van der Waals surface area contributed by atoms with E-state index in [0.29, 0.717) is 17.9 Å². The second-order valence-corrected chi connectivity index (χ2v) is 6.97. The molecule has 0 heterocycles. The summed E-state index contributed by atoms with van der Waals surface area (Å²) in [6.07, 6.45) is 4.05. The molecule has 146 valence electrons. The Kier molecular flexibility index (Phi) is 7.45. The van der Waals surface area contributed by atoms with Gasteiger partial charge in [0.1, 0.15) is 23.2 Å².